The summed E-state index contributed by atoms with van der Waals surface area (Å²) >= 11 is 0. The predicted molar refractivity (Wildman–Crippen MR) is 115 cm³/mol. The van der Waals surface area contributed by atoms with Crippen molar-refractivity contribution < 1.29 is 9.53 Å². The monoisotopic (exact) mass is 374 g/mol. The molecule has 0 aliphatic rings. The van der Waals surface area contributed by atoms with Crippen molar-refractivity contribution in [1.82, 2.24) is 5.32 Å². The molecule has 0 aliphatic heterocycles. The lowest BCUT2D eigenvalue weighted by atomic mass is 10.0. The Morgan fingerprint density at radius 2 is 1.64 bits per heavy atom. The van der Waals surface area contributed by atoms with Crippen LogP contribution in [0, 0.1) is 0 Å². The second-order valence-corrected chi connectivity index (χ2v) is 6.75. The van der Waals surface area contributed by atoms with Crippen LogP contribution in [0.1, 0.15) is 12.5 Å². The van der Waals surface area contributed by atoms with Crippen molar-refractivity contribution >= 4 is 11.6 Å². The number of amides is 1. The molecular formula is C24H26N2O2. The Kier molecular flexibility index (Phi) is 6.68. The van der Waals surface area contributed by atoms with Crippen molar-refractivity contribution in [2.45, 2.75) is 13.5 Å². The Morgan fingerprint density at radius 3 is 2.36 bits per heavy atom. The lowest BCUT2D eigenvalue weighted by Gasteiger charge is -2.20. The molecule has 0 aliphatic carbocycles. The van der Waals surface area contributed by atoms with Gasteiger partial charge in [-0.25, -0.2) is 0 Å². The third-order valence-corrected chi connectivity index (χ3v) is 4.55. The lowest BCUT2D eigenvalue weighted by molar-refractivity contribution is -0.118. The van der Waals surface area contributed by atoms with Crippen LogP contribution in [-0.4, -0.2) is 26.0 Å². The maximum atomic E-state index is 11.0. The van der Waals surface area contributed by atoms with Gasteiger partial charge in [0, 0.05) is 38.8 Å². The number of hydrogen-bond donors (Lipinski definition) is 1. The van der Waals surface area contributed by atoms with E-state index < -0.39 is 0 Å². The fourth-order valence-corrected chi connectivity index (χ4v) is 2.93. The van der Waals surface area contributed by atoms with Crippen LogP contribution < -0.4 is 15.0 Å². The molecule has 0 unspecified atom stereocenters. The van der Waals surface area contributed by atoms with E-state index in [0.29, 0.717) is 13.2 Å². The Bertz CT molecular complexity index is 892. The molecule has 1 N–H and O–H groups in total. The lowest BCUT2D eigenvalue weighted by Crippen LogP contribution is -2.31. The fourth-order valence-electron chi connectivity index (χ4n) is 2.93. The summed E-state index contributed by atoms with van der Waals surface area (Å²) in [6.07, 6.45) is 0. The van der Waals surface area contributed by atoms with Gasteiger partial charge in [-0.3, -0.25) is 4.79 Å². The van der Waals surface area contributed by atoms with Gasteiger partial charge in [-0.1, -0.05) is 60.7 Å². The van der Waals surface area contributed by atoms with Crippen LogP contribution in [0.2, 0.25) is 0 Å². The molecule has 4 nitrogen and oxygen atoms in total. The highest BCUT2D eigenvalue weighted by molar-refractivity contribution is 5.72. The normalized spacial score (nSPS) is 10.4. The van der Waals surface area contributed by atoms with Gasteiger partial charge in [0.2, 0.25) is 5.91 Å². The summed E-state index contributed by atoms with van der Waals surface area (Å²) in [4.78, 5) is 13.1. The quantitative estimate of drug-likeness (QED) is 0.631. The average molecular weight is 374 g/mol. The Labute approximate surface area is 166 Å². The number of nitrogens with zero attached hydrogens (tertiary/aromatic N) is 1. The molecule has 0 fully saturated rings. The number of ether oxygens (including phenoxy) is 1. The maximum Gasteiger partial charge on any atom is 0.216 e. The van der Waals surface area contributed by atoms with E-state index in [1.807, 2.05) is 49.5 Å². The topological polar surface area (TPSA) is 41.6 Å². The largest absolute Gasteiger partial charge is 0.489 e. The highest BCUT2D eigenvalue weighted by Crippen LogP contribution is 2.22. The van der Waals surface area contributed by atoms with Gasteiger partial charge in [-0.2, -0.15) is 0 Å². The maximum absolute atomic E-state index is 11.0. The smallest absolute Gasteiger partial charge is 0.216 e. The summed E-state index contributed by atoms with van der Waals surface area (Å²) in [5.41, 5.74) is 4.60. The van der Waals surface area contributed by atoms with Gasteiger partial charge < -0.3 is 15.0 Å². The zero-order valence-corrected chi connectivity index (χ0v) is 16.4. The molecule has 0 radical (unpaired) electrons. The van der Waals surface area contributed by atoms with Crippen molar-refractivity contribution in [2.75, 3.05) is 25.0 Å². The van der Waals surface area contributed by atoms with E-state index in [4.69, 9.17) is 4.74 Å². The number of likely N-dealkylation sites (N-methyl/N-ethyl adjacent to an activating group) is 1. The third-order valence-electron chi connectivity index (χ3n) is 4.55. The zero-order chi connectivity index (χ0) is 19.8. The van der Waals surface area contributed by atoms with E-state index >= 15 is 0 Å². The van der Waals surface area contributed by atoms with Crippen LogP contribution in [0.15, 0.2) is 78.9 Å². The van der Waals surface area contributed by atoms with Crippen LogP contribution in [0.5, 0.6) is 5.75 Å². The van der Waals surface area contributed by atoms with Gasteiger partial charge in [0.15, 0.2) is 0 Å². The Morgan fingerprint density at radius 1 is 0.929 bits per heavy atom. The number of carbonyl (C=O) groups is 1. The number of benzene rings is 3. The highest BCUT2D eigenvalue weighted by atomic mass is 16.5. The molecule has 3 rings (SSSR count). The van der Waals surface area contributed by atoms with Crippen molar-refractivity contribution in [3.05, 3.63) is 84.4 Å². The summed E-state index contributed by atoms with van der Waals surface area (Å²) in [6.45, 7) is 3.41. The fraction of sp³-hybridized carbons (Fsp3) is 0.208. The van der Waals surface area contributed by atoms with Gasteiger partial charge in [0.05, 0.1) is 0 Å². The minimum atomic E-state index is -0.0104. The van der Waals surface area contributed by atoms with Crippen LogP contribution in [0.25, 0.3) is 11.1 Å². The van der Waals surface area contributed by atoms with Crippen LogP contribution >= 0.6 is 0 Å². The Balaban J connectivity index is 1.56. The Hall–Kier alpha value is -3.27. The molecule has 0 aromatic heterocycles. The molecule has 0 heterocycles. The van der Waals surface area contributed by atoms with E-state index in [2.05, 4.69) is 46.6 Å². The van der Waals surface area contributed by atoms with Crippen LogP contribution in [0.4, 0.5) is 5.69 Å². The van der Waals surface area contributed by atoms with Crippen LogP contribution in [0.3, 0.4) is 0 Å². The van der Waals surface area contributed by atoms with Gasteiger partial charge in [-0.05, 0) is 28.8 Å². The van der Waals surface area contributed by atoms with E-state index in [0.717, 1.165) is 23.5 Å². The zero-order valence-electron chi connectivity index (χ0n) is 16.4. The van der Waals surface area contributed by atoms with E-state index in [-0.39, 0.29) is 5.91 Å². The predicted octanol–water partition coefficient (Wildman–Crippen LogP) is 4.50. The third kappa shape index (κ3) is 5.61. The molecule has 1 amide bonds. The number of carbonyl (C=O) groups excluding carboxylic acids is 1. The summed E-state index contributed by atoms with van der Waals surface area (Å²) in [5.74, 6) is 0.819. The first kappa shape index (κ1) is 19.5. The molecule has 3 aromatic carbocycles. The number of hydrogen-bond acceptors (Lipinski definition) is 3. The second kappa shape index (κ2) is 9.60. The molecule has 4 heteroatoms. The molecule has 0 saturated heterocycles. The van der Waals surface area contributed by atoms with Crippen molar-refractivity contribution in [1.29, 1.82) is 0 Å². The number of anilines is 1. The van der Waals surface area contributed by atoms with Gasteiger partial charge >= 0.3 is 0 Å². The second-order valence-electron chi connectivity index (χ2n) is 6.75. The molecule has 28 heavy (non-hydrogen) atoms. The van der Waals surface area contributed by atoms with Crippen molar-refractivity contribution in [3.8, 4) is 16.9 Å². The number of rotatable bonds is 8. The summed E-state index contributed by atoms with van der Waals surface area (Å²) in [6, 6.07) is 26.8. The summed E-state index contributed by atoms with van der Waals surface area (Å²) in [5, 5.41) is 2.81. The summed E-state index contributed by atoms with van der Waals surface area (Å²) < 4.78 is 5.97. The molecular weight excluding hydrogens is 348 g/mol. The number of nitrogens with one attached hydrogen (secondary N) is 1. The van der Waals surface area contributed by atoms with E-state index in [1.54, 1.807) is 0 Å². The van der Waals surface area contributed by atoms with Gasteiger partial charge in [-0.15, -0.1) is 0 Å². The first-order chi connectivity index (χ1) is 13.6. The first-order valence-electron chi connectivity index (χ1n) is 9.44. The molecule has 3 aromatic rings. The van der Waals surface area contributed by atoms with Crippen molar-refractivity contribution in [2.24, 2.45) is 0 Å². The minimum absolute atomic E-state index is 0.0104. The standard InChI is InChI=1S/C24H26N2O2/c1-19(27)25-15-16-26(2)23-9-6-10-24(17-23)28-18-20-11-13-22(14-12-20)21-7-4-3-5-8-21/h3-14,17H,15-16,18H2,1-2H3,(H,25,27). The van der Waals surface area contributed by atoms with Gasteiger partial charge in [0.25, 0.3) is 0 Å². The van der Waals surface area contributed by atoms with Gasteiger partial charge in [0.1, 0.15) is 12.4 Å². The molecule has 0 spiro atoms. The summed E-state index contributed by atoms with van der Waals surface area (Å²) in [7, 11) is 2.00. The SMILES string of the molecule is CC(=O)NCCN(C)c1cccc(OCc2ccc(-c3ccccc3)cc2)c1. The van der Waals surface area contributed by atoms with E-state index in [1.165, 1.54) is 18.1 Å². The van der Waals surface area contributed by atoms with Crippen LogP contribution in [-0.2, 0) is 11.4 Å². The van der Waals surface area contributed by atoms with Crippen molar-refractivity contribution in [3.63, 3.8) is 0 Å². The minimum Gasteiger partial charge on any atom is -0.489 e. The highest BCUT2D eigenvalue weighted by Gasteiger charge is 2.04. The molecule has 144 valence electrons. The first-order valence-corrected chi connectivity index (χ1v) is 9.44. The molecule has 0 bridgehead atoms. The molecule has 0 saturated carbocycles. The van der Waals surface area contributed by atoms with E-state index in [9.17, 15) is 4.79 Å². The average Bonchev–Trinajstić information content (AvgIpc) is 2.73. The molecule has 0 atom stereocenters.